The zero-order valence-corrected chi connectivity index (χ0v) is 9.83. The van der Waals surface area contributed by atoms with Gasteiger partial charge in [-0.2, -0.15) is 18.3 Å². The van der Waals surface area contributed by atoms with Gasteiger partial charge in [-0.15, -0.1) is 0 Å². The molecule has 0 saturated heterocycles. The topological polar surface area (TPSA) is 43.8 Å². The molecule has 2 N–H and O–H groups in total. The van der Waals surface area contributed by atoms with E-state index in [-0.39, 0.29) is 17.3 Å². The Hall–Kier alpha value is -1.53. The van der Waals surface area contributed by atoms with Gasteiger partial charge in [0, 0.05) is 17.8 Å². The summed E-state index contributed by atoms with van der Waals surface area (Å²) in [6, 6.07) is 5.10. The second-order valence-electron chi connectivity index (χ2n) is 3.61. The van der Waals surface area contributed by atoms with Crippen LogP contribution in [0.2, 0.25) is 5.02 Å². The highest BCUT2D eigenvalue weighted by Gasteiger charge is 2.34. The molecule has 1 aromatic heterocycles. The van der Waals surface area contributed by atoms with Crippen LogP contribution in [0.15, 0.2) is 30.5 Å². The number of hydrogen-bond donors (Lipinski definition) is 1. The Morgan fingerprint density at radius 1 is 1.28 bits per heavy atom. The lowest BCUT2D eigenvalue weighted by molar-refractivity contribution is -0.137. The van der Waals surface area contributed by atoms with Crippen molar-refractivity contribution in [3.8, 4) is 5.69 Å². The third-order valence-electron chi connectivity index (χ3n) is 2.36. The molecule has 0 aliphatic heterocycles. The molecule has 0 aliphatic carbocycles. The monoisotopic (exact) mass is 275 g/mol. The normalized spacial score (nSPS) is 11.8. The van der Waals surface area contributed by atoms with E-state index in [9.17, 15) is 13.2 Å². The van der Waals surface area contributed by atoms with Crippen LogP contribution in [0, 0.1) is 0 Å². The minimum Gasteiger partial charge on any atom is -0.325 e. The molecule has 0 fully saturated rings. The first-order valence-corrected chi connectivity index (χ1v) is 5.41. The summed E-state index contributed by atoms with van der Waals surface area (Å²) in [4.78, 5) is 0. The van der Waals surface area contributed by atoms with E-state index in [0.29, 0.717) is 5.69 Å². The number of aromatic nitrogens is 2. The number of alkyl halides is 3. The maximum Gasteiger partial charge on any atom is 0.418 e. The standard InChI is InChI=1S/C11H9ClF3N3/c12-7-1-2-10(9(5-7)11(13,14)15)18-4-3-8(6-16)17-18/h1-5H,6,16H2. The summed E-state index contributed by atoms with van der Waals surface area (Å²) in [6.45, 7) is 0.169. The van der Waals surface area contributed by atoms with Crippen LogP contribution >= 0.6 is 11.6 Å². The van der Waals surface area contributed by atoms with Crippen LogP contribution < -0.4 is 5.73 Å². The van der Waals surface area contributed by atoms with Gasteiger partial charge in [-0.3, -0.25) is 0 Å². The minimum absolute atomic E-state index is 0.0253. The molecule has 0 unspecified atom stereocenters. The summed E-state index contributed by atoms with van der Waals surface area (Å²) in [6.07, 6.45) is -3.06. The van der Waals surface area contributed by atoms with Crippen LogP contribution in [0.5, 0.6) is 0 Å². The zero-order chi connectivity index (χ0) is 13.3. The van der Waals surface area contributed by atoms with E-state index in [1.54, 1.807) is 6.07 Å². The number of benzene rings is 1. The number of nitrogens with two attached hydrogens (primary N) is 1. The third kappa shape index (κ3) is 2.49. The number of rotatable bonds is 2. The molecule has 2 rings (SSSR count). The summed E-state index contributed by atoms with van der Waals surface area (Å²) >= 11 is 5.59. The van der Waals surface area contributed by atoms with Gasteiger partial charge >= 0.3 is 6.18 Å². The molecule has 3 nitrogen and oxygen atoms in total. The van der Waals surface area contributed by atoms with Gasteiger partial charge in [0.25, 0.3) is 0 Å². The van der Waals surface area contributed by atoms with Crippen molar-refractivity contribution in [1.29, 1.82) is 0 Å². The molecular weight excluding hydrogens is 267 g/mol. The lowest BCUT2D eigenvalue weighted by atomic mass is 10.1. The Labute approximate surface area is 106 Å². The second-order valence-corrected chi connectivity index (χ2v) is 4.05. The van der Waals surface area contributed by atoms with E-state index in [0.717, 1.165) is 10.7 Å². The first kappa shape index (κ1) is 12.9. The molecule has 2 aromatic rings. The molecule has 7 heteroatoms. The van der Waals surface area contributed by atoms with Crippen LogP contribution in [-0.4, -0.2) is 9.78 Å². The van der Waals surface area contributed by atoms with E-state index in [2.05, 4.69) is 5.10 Å². The van der Waals surface area contributed by atoms with Gasteiger partial charge in [0.05, 0.1) is 16.9 Å². The molecule has 0 radical (unpaired) electrons. The zero-order valence-electron chi connectivity index (χ0n) is 9.08. The quantitative estimate of drug-likeness (QED) is 0.916. The van der Waals surface area contributed by atoms with Crippen molar-refractivity contribution in [3.05, 3.63) is 46.7 Å². The van der Waals surface area contributed by atoms with E-state index in [1.807, 2.05) is 0 Å². The lowest BCUT2D eigenvalue weighted by Gasteiger charge is -2.13. The van der Waals surface area contributed by atoms with Crippen LogP contribution in [-0.2, 0) is 12.7 Å². The Balaban J connectivity index is 2.56. The molecule has 0 atom stereocenters. The fourth-order valence-corrected chi connectivity index (χ4v) is 1.71. The highest BCUT2D eigenvalue weighted by Crippen LogP contribution is 2.35. The number of halogens is 4. The van der Waals surface area contributed by atoms with E-state index in [1.165, 1.54) is 18.3 Å². The Morgan fingerprint density at radius 2 is 2.00 bits per heavy atom. The van der Waals surface area contributed by atoms with E-state index < -0.39 is 11.7 Å². The lowest BCUT2D eigenvalue weighted by Crippen LogP contribution is -2.11. The third-order valence-corrected chi connectivity index (χ3v) is 2.60. The van der Waals surface area contributed by atoms with Crippen LogP contribution in [0.1, 0.15) is 11.3 Å². The molecule has 1 aromatic carbocycles. The predicted octanol–water partition coefficient (Wildman–Crippen LogP) is 3.00. The SMILES string of the molecule is NCc1ccn(-c2ccc(Cl)cc2C(F)(F)F)n1. The van der Waals surface area contributed by atoms with Crippen LogP contribution in [0.4, 0.5) is 13.2 Å². The van der Waals surface area contributed by atoms with E-state index >= 15 is 0 Å². The smallest absolute Gasteiger partial charge is 0.325 e. The van der Waals surface area contributed by atoms with Gasteiger partial charge in [0.1, 0.15) is 0 Å². The molecule has 1 heterocycles. The van der Waals surface area contributed by atoms with Gasteiger partial charge in [-0.1, -0.05) is 11.6 Å². The maximum absolute atomic E-state index is 12.9. The summed E-state index contributed by atoms with van der Waals surface area (Å²) < 4.78 is 39.8. The van der Waals surface area contributed by atoms with Crippen LogP contribution in [0.3, 0.4) is 0 Å². The summed E-state index contributed by atoms with van der Waals surface area (Å²) in [5, 5.41) is 3.98. The van der Waals surface area contributed by atoms with Crippen molar-refractivity contribution >= 4 is 11.6 Å². The summed E-state index contributed by atoms with van der Waals surface area (Å²) in [5.41, 5.74) is 4.97. The largest absolute Gasteiger partial charge is 0.418 e. The molecular formula is C11H9ClF3N3. The highest BCUT2D eigenvalue weighted by molar-refractivity contribution is 6.30. The van der Waals surface area contributed by atoms with E-state index in [4.69, 9.17) is 17.3 Å². The molecule has 0 spiro atoms. The van der Waals surface area contributed by atoms with Gasteiger partial charge in [-0.05, 0) is 24.3 Å². The van der Waals surface area contributed by atoms with Gasteiger partial charge < -0.3 is 5.73 Å². The fraction of sp³-hybridized carbons (Fsp3) is 0.182. The molecule has 0 aliphatic rings. The second kappa shape index (κ2) is 4.62. The number of hydrogen-bond acceptors (Lipinski definition) is 2. The maximum atomic E-state index is 12.9. The Morgan fingerprint density at radius 3 is 2.56 bits per heavy atom. The van der Waals surface area contributed by atoms with Crippen molar-refractivity contribution in [3.63, 3.8) is 0 Å². The molecule has 96 valence electrons. The number of nitrogens with zero attached hydrogens (tertiary/aromatic N) is 2. The Kier molecular flexibility index (Phi) is 3.32. The van der Waals surface area contributed by atoms with Crippen molar-refractivity contribution in [2.24, 2.45) is 5.73 Å². The average molecular weight is 276 g/mol. The van der Waals surface area contributed by atoms with Crippen molar-refractivity contribution in [2.45, 2.75) is 12.7 Å². The summed E-state index contributed by atoms with van der Waals surface area (Å²) in [7, 11) is 0. The van der Waals surface area contributed by atoms with Crippen molar-refractivity contribution < 1.29 is 13.2 Å². The molecule has 18 heavy (non-hydrogen) atoms. The first-order valence-electron chi connectivity index (χ1n) is 5.03. The Bertz CT molecular complexity index is 563. The first-order chi connectivity index (χ1) is 8.41. The van der Waals surface area contributed by atoms with Gasteiger partial charge in [0.15, 0.2) is 0 Å². The van der Waals surface area contributed by atoms with Gasteiger partial charge in [0.2, 0.25) is 0 Å². The van der Waals surface area contributed by atoms with Crippen LogP contribution in [0.25, 0.3) is 5.69 Å². The average Bonchev–Trinajstić information content (AvgIpc) is 2.76. The molecule has 0 amide bonds. The predicted molar refractivity (Wildman–Crippen MR) is 61.5 cm³/mol. The van der Waals surface area contributed by atoms with Gasteiger partial charge in [-0.25, -0.2) is 4.68 Å². The molecule has 0 saturated carbocycles. The van der Waals surface area contributed by atoms with Crippen molar-refractivity contribution in [1.82, 2.24) is 9.78 Å². The fourth-order valence-electron chi connectivity index (χ4n) is 1.54. The summed E-state index contributed by atoms with van der Waals surface area (Å²) in [5.74, 6) is 0. The van der Waals surface area contributed by atoms with Crippen molar-refractivity contribution in [2.75, 3.05) is 0 Å². The molecule has 0 bridgehead atoms. The highest BCUT2D eigenvalue weighted by atomic mass is 35.5. The minimum atomic E-state index is -4.49.